The Hall–Kier alpha value is -0.700. The van der Waals surface area contributed by atoms with Crippen LogP contribution in [-0.4, -0.2) is 74.8 Å². The molecule has 2 fully saturated rings. The monoisotopic (exact) mass is 284 g/mol. The van der Waals surface area contributed by atoms with E-state index in [-0.39, 0.29) is 6.10 Å². The number of thioether (sulfide) groups is 1. The van der Waals surface area contributed by atoms with Crippen molar-refractivity contribution in [3.63, 3.8) is 0 Å². The molecule has 1 aromatic heterocycles. The summed E-state index contributed by atoms with van der Waals surface area (Å²) in [5.41, 5.74) is 0. The number of tetrazole rings is 1. The maximum atomic E-state index is 10.1. The van der Waals surface area contributed by atoms with Crippen LogP contribution in [0.4, 0.5) is 0 Å². The van der Waals surface area contributed by atoms with E-state index in [0.29, 0.717) is 11.8 Å². The number of nitrogens with one attached hydrogen (secondary N) is 1. The lowest BCUT2D eigenvalue weighted by Crippen LogP contribution is -2.46. The van der Waals surface area contributed by atoms with Crippen molar-refractivity contribution >= 4 is 11.8 Å². The summed E-state index contributed by atoms with van der Waals surface area (Å²) in [7, 11) is 0. The van der Waals surface area contributed by atoms with E-state index < -0.39 is 0 Å². The number of hydrogen-bond acceptors (Lipinski definition) is 7. The lowest BCUT2D eigenvalue weighted by atomic mass is 10.3. The fourth-order valence-corrected chi connectivity index (χ4v) is 3.10. The normalized spacial score (nSPS) is 22.6. The maximum Gasteiger partial charge on any atom is 0.209 e. The van der Waals surface area contributed by atoms with E-state index in [1.54, 1.807) is 11.8 Å². The van der Waals surface area contributed by atoms with E-state index in [1.807, 2.05) is 4.68 Å². The molecule has 1 aliphatic carbocycles. The quantitative estimate of drug-likeness (QED) is 0.673. The van der Waals surface area contributed by atoms with Crippen molar-refractivity contribution < 1.29 is 5.11 Å². The molecule has 1 unspecified atom stereocenters. The second kappa shape index (κ2) is 6.17. The first kappa shape index (κ1) is 13.3. The highest BCUT2D eigenvalue weighted by atomic mass is 32.2. The van der Waals surface area contributed by atoms with Gasteiger partial charge in [-0.3, -0.25) is 4.90 Å². The number of rotatable bonds is 6. The minimum Gasteiger partial charge on any atom is -0.391 e. The number of aromatic nitrogens is 4. The molecule has 0 aromatic carbocycles. The number of aliphatic hydroxyl groups excluding tert-OH is 1. The van der Waals surface area contributed by atoms with Crippen LogP contribution in [0.3, 0.4) is 0 Å². The molecule has 2 N–H and O–H groups in total. The topological polar surface area (TPSA) is 79.1 Å². The van der Waals surface area contributed by atoms with Crippen LogP contribution < -0.4 is 5.32 Å². The molecule has 19 heavy (non-hydrogen) atoms. The summed E-state index contributed by atoms with van der Waals surface area (Å²) in [6, 6.07) is 0.489. The van der Waals surface area contributed by atoms with Crippen LogP contribution in [-0.2, 0) is 0 Å². The molecule has 106 valence electrons. The van der Waals surface area contributed by atoms with Gasteiger partial charge in [0.1, 0.15) is 0 Å². The predicted molar refractivity (Wildman–Crippen MR) is 72.1 cm³/mol. The highest BCUT2D eigenvalue weighted by molar-refractivity contribution is 7.99. The van der Waals surface area contributed by atoms with Gasteiger partial charge in [0.05, 0.1) is 12.1 Å². The smallest absolute Gasteiger partial charge is 0.209 e. The van der Waals surface area contributed by atoms with E-state index in [4.69, 9.17) is 0 Å². The average molecular weight is 284 g/mol. The molecule has 0 spiro atoms. The Bertz CT molecular complexity index is 404. The first-order chi connectivity index (χ1) is 9.33. The van der Waals surface area contributed by atoms with Crippen molar-refractivity contribution in [1.82, 2.24) is 30.4 Å². The van der Waals surface area contributed by atoms with Crippen LogP contribution >= 0.6 is 11.8 Å². The second-order valence-corrected chi connectivity index (χ2v) is 6.14. The fourth-order valence-electron chi connectivity index (χ4n) is 2.24. The Balaban J connectivity index is 1.44. The molecule has 1 saturated heterocycles. The van der Waals surface area contributed by atoms with Crippen LogP contribution in [0.2, 0.25) is 0 Å². The van der Waals surface area contributed by atoms with Crippen LogP contribution in [0.15, 0.2) is 5.16 Å². The van der Waals surface area contributed by atoms with E-state index in [0.717, 1.165) is 37.9 Å². The minimum absolute atomic E-state index is 0.326. The lowest BCUT2D eigenvalue weighted by Gasteiger charge is -2.28. The Labute approximate surface area is 116 Å². The highest BCUT2D eigenvalue weighted by Gasteiger charge is 2.28. The maximum absolute atomic E-state index is 10.1. The standard InChI is InChI=1S/C11H20N6OS/c18-10(7-16-5-3-12-4-6-16)8-19-11-13-14-15-17(11)9-1-2-9/h9-10,12,18H,1-8H2. The average Bonchev–Trinajstić information content (AvgIpc) is 3.16. The summed E-state index contributed by atoms with van der Waals surface area (Å²) in [5, 5.41) is 26.0. The summed E-state index contributed by atoms with van der Waals surface area (Å²) in [4.78, 5) is 2.30. The summed E-state index contributed by atoms with van der Waals surface area (Å²) < 4.78 is 1.89. The van der Waals surface area contributed by atoms with Crippen molar-refractivity contribution in [2.24, 2.45) is 0 Å². The van der Waals surface area contributed by atoms with Gasteiger partial charge < -0.3 is 10.4 Å². The molecular weight excluding hydrogens is 264 g/mol. The molecule has 1 saturated carbocycles. The van der Waals surface area contributed by atoms with Crippen LogP contribution in [0, 0.1) is 0 Å². The Kier molecular flexibility index (Phi) is 4.31. The summed E-state index contributed by atoms with van der Waals surface area (Å²) in [6.45, 7) is 4.79. The Morgan fingerprint density at radius 2 is 2.16 bits per heavy atom. The second-order valence-electron chi connectivity index (χ2n) is 5.15. The SMILES string of the molecule is OC(CSc1nnnn1C1CC1)CN1CCNCC1. The molecule has 1 aromatic rings. The van der Waals surface area contributed by atoms with Crippen LogP contribution in [0.5, 0.6) is 0 Å². The van der Waals surface area contributed by atoms with Gasteiger partial charge in [-0.1, -0.05) is 11.8 Å². The van der Waals surface area contributed by atoms with Gasteiger partial charge in [-0.05, 0) is 23.3 Å². The first-order valence-corrected chi connectivity index (χ1v) is 7.83. The van der Waals surface area contributed by atoms with Crippen molar-refractivity contribution in [3.05, 3.63) is 0 Å². The van der Waals surface area contributed by atoms with Crippen molar-refractivity contribution in [3.8, 4) is 0 Å². The van der Waals surface area contributed by atoms with Gasteiger partial charge in [0, 0.05) is 38.5 Å². The molecule has 7 nitrogen and oxygen atoms in total. The summed E-state index contributed by atoms with van der Waals surface area (Å²) in [6.07, 6.45) is 2.01. The van der Waals surface area contributed by atoms with E-state index in [9.17, 15) is 5.11 Å². The van der Waals surface area contributed by atoms with Gasteiger partial charge >= 0.3 is 0 Å². The van der Waals surface area contributed by atoms with Crippen molar-refractivity contribution in [1.29, 1.82) is 0 Å². The van der Waals surface area contributed by atoms with Gasteiger partial charge in [-0.15, -0.1) is 5.10 Å². The van der Waals surface area contributed by atoms with Gasteiger partial charge in [-0.2, -0.15) is 0 Å². The largest absolute Gasteiger partial charge is 0.391 e. The molecule has 8 heteroatoms. The number of aliphatic hydroxyl groups is 1. The Morgan fingerprint density at radius 1 is 1.37 bits per heavy atom. The molecule has 1 atom stereocenters. The van der Waals surface area contributed by atoms with Gasteiger partial charge in [-0.25, -0.2) is 4.68 Å². The third-order valence-corrected chi connectivity index (χ3v) is 4.52. The molecular formula is C11H20N6OS. The zero-order valence-electron chi connectivity index (χ0n) is 10.9. The van der Waals surface area contributed by atoms with Crippen molar-refractivity contribution in [2.45, 2.75) is 30.1 Å². The number of nitrogens with zero attached hydrogens (tertiary/aromatic N) is 5. The molecule has 2 heterocycles. The lowest BCUT2D eigenvalue weighted by molar-refractivity contribution is 0.121. The predicted octanol–water partition coefficient (Wildman–Crippen LogP) is -0.634. The molecule has 0 bridgehead atoms. The zero-order chi connectivity index (χ0) is 13.1. The minimum atomic E-state index is -0.326. The first-order valence-electron chi connectivity index (χ1n) is 6.85. The third kappa shape index (κ3) is 3.65. The van der Waals surface area contributed by atoms with Crippen LogP contribution in [0.25, 0.3) is 0 Å². The summed E-state index contributed by atoms with van der Waals surface area (Å²) in [5.74, 6) is 0.650. The van der Waals surface area contributed by atoms with Gasteiger partial charge in [0.25, 0.3) is 0 Å². The van der Waals surface area contributed by atoms with Crippen molar-refractivity contribution in [2.75, 3.05) is 38.5 Å². The van der Waals surface area contributed by atoms with E-state index in [2.05, 4.69) is 25.7 Å². The summed E-state index contributed by atoms with van der Waals surface area (Å²) >= 11 is 1.55. The number of hydrogen-bond donors (Lipinski definition) is 2. The molecule has 3 rings (SSSR count). The molecule has 0 radical (unpaired) electrons. The third-order valence-electron chi connectivity index (χ3n) is 3.44. The molecule has 2 aliphatic rings. The van der Waals surface area contributed by atoms with Gasteiger partial charge in [0.15, 0.2) is 0 Å². The number of β-amino-alcohol motifs (C(OH)–C–C–N with tert-alkyl or cyclic N) is 1. The molecule has 0 amide bonds. The van der Waals surface area contributed by atoms with E-state index >= 15 is 0 Å². The zero-order valence-corrected chi connectivity index (χ0v) is 11.7. The Morgan fingerprint density at radius 3 is 2.89 bits per heavy atom. The number of piperazine rings is 1. The highest BCUT2D eigenvalue weighted by Crippen LogP contribution is 2.36. The van der Waals surface area contributed by atoms with Crippen LogP contribution in [0.1, 0.15) is 18.9 Å². The fraction of sp³-hybridized carbons (Fsp3) is 0.909. The van der Waals surface area contributed by atoms with Gasteiger partial charge in [0.2, 0.25) is 5.16 Å². The molecule has 1 aliphatic heterocycles. The van der Waals surface area contributed by atoms with E-state index in [1.165, 1.54) is 12.8 Å².